The molecule has 0 aliphatic carbocycles. The Bertz CT molecular complexity index is 362. The lowest BCUT2D eigenvalue weighted by Gasteiger charge is -2.03. The van der Waals surface area contributed by atoms with Gasteiger partial charge < -0.3 is 4.74 Å². The minimum absolute atomic E-state index is 0.180. The van der Waals surface area contributed by atoms with Crippen LogP contribution in [0, 0.1) is 0 Å². The van der Waals surface area contributed by atoms with Gasteiger partial charge in [-0.3, -0.25) is 9.59 Å². The summed E-state index contributed by atoms with van der Waals surface area (Å²) in [6.07, 6.45) is -0.180. The predicted octanol–water partition coefficient (Wildman–Crippen LogP) is 2.56. The normalized spacial score (nSPS) is 9.94. The lowest BCUT2D eigenvalue weighted by Crippen LogP contribution is -2.13. The zero-order chi connectivity index (χ0) is 12.5. The number of hydrogen-bond donors (Lipinski definition) is 0. The Balaban J connectivity index is 2.29. The van der Waals surface area contributed by atoms with E-state index >= 15 is 0 Å². The largest absolute Gasteiger partial charge is 0.464 e. The molecule has 0 saturated heterocycles. The summed E-state index contributed by atoms with van der Waals surface area (Å²) in [5.41, 5.74) is 0.549. The maximum absolute atomic E-state index is 11.6. The molecule has 1 aromatic rings. The third-order valence-corrected chi connectivity index (χ3v) is 2.96. The first-order valence-electron chi connectivity index (χ1n) is 5.55. The monoisotopic (exact) mass is 252 g/mol. The van der Waals surface area contributed by atoms with Crippen molar-refractivity contribution in [2.75, 3.05) is 18.1 Å². The SMILES string of the molecule is CCSCCOC(=O)CC(=O)c1ccccc1. The maximum atomic E-state index is 11.6. The van der Waals surface area contributed by atoms with E-state index < -0.39 is 5.97 Å². The standard InChI is InChI=1S/C13H16O3S/c1-2-17-9-8-16-13(15)10-12(14)11-6-4-3-5-7-11/h3-7H,2,8-10H2,1H3. The lowest BCUT2D eigenvalue weighted by molar-refractivity contribution is -0.141. The number of benzene rings is 1. The van der Waals surface area contributed by atoms with Gasteiger partial charge in [0.2, 0.25) is 0 Å². The number of thioether (sulfide) groups is 1. The van der Waals surface area contributed by atoms with E-state index in [1.165, 1.54) is 0 Å². The minimum atomic E-state index is -0.449. The molecule has 0 atom stereocenters. The molecule has 0 aliphatic heterocycles. The van der Waals surface area contributed by atoms with Gasteiger partial charge in [0.25, 0.3) is 0 Å². The molecule has 92 valence electrons. The van der Waals surface area contributed by atoms with Crippen molar-refractivity contribution >= 4 is 23.5 Å². The number of carbonyl (C=O) groups excluding carboxylic acids is 2. The van der Waals surface area contributed by atoms with Gasteiger partial charge in [-0.25, -0.2) is 0 Å². The Morgan fingerprint density at radius 3 is 2.59 bits per heavy atom. The van der Waals surface area contributed by atoms with Crippen LogP contribution in [0.25, 0.3) is 0 Å². The number of ketones is 1. The Hall–Kier alpha value is -1.29. The van der Waals surface area contributed by atoms with E-state index in [-0.39, 0.29) is 12.2 Å². The number of ether oxygens (including phenoxy) is 1. The van der Waals surface area contributed by atoms with Gasteiger partial charge in [-0.15, -0.1) is 0 Å². The van der Waals surface area contributed by atoms with Crippen molar-refractivity contribution in [2.24, 2.45) is 0 Å². The van der Waals surface area contributed by atoms with Crippen LogP contribution in [-0.4, -0.2) is 29.9 Å². The molecule has 0 spiro atoms. The third-order valence-electron chi connectivity index (χ3n) is 2.10. The number of esters is 1. The summed E-state index contributed by atoms with van der Waals surface area (Å²) in [4.78, 5) is 23.0. The Morgan fingerprint density at radius 1 is 1.24 bits per heavy atom. The van der Waals surface area contributed by atoms with Crippen LogP contribution in [0.4, 0.5) is 0 Å². The van der Waals surface area contributed by atoms with Crippen LogP contribution < -0.4 is 0 Å². The lowest BCUT2D eigenvalue weighted by atomic mass is 10.1. The molecular formula is C13H16O3S. The minimum Gasteiger partial charge on any atom is -0.464 e. The molecule has 0 radical (unpaired) electrons. The molecule has 0 unspecified atom stereocenters. The van der Waals surface area contributed by atoms with Gasteiger partial charge in [0.05, 0.1) is 0 Å². The van der Waals surface area contributed by atoms with Crippen molar-refractivity contribution in [3.05, 3.63) is 35.9 Å². The number of Topliss-reactive ketones (excluding diaryl/α,β-unsaturated/α-hetero) is 1. The first-order valence-corrected chi connectivity index (χ1v) is 6.71. The summed E-state index contributed by atoms with van der Waals surface area (Å²) in [6.45, 7) is 2.42. The van der Waals surface area contributed by atoms with E-state index in [0.29, 0.717) is 12.2 Å². The molecule has 0 saturated carbocycles. The van der Waals surface area contributed by atoms with Gasteiger partial charge in [0.15, 0.2) is 5.78 Å². The fraction of sp³-hybridized carbons (Fsp3) is 0.385. The maximum Gasteiger partial charge on any atom is 0.313 e. The summed E-state index contributed by atoms with van der Waals surface area (Å²) in [5, 5.41) is 0. The highest BCUT2D eigenvalue weighted by Gasteiger charge is 2.12. The molecule has 3 nitrogen and oxygen atoms in total. The van der Waals surface area contributed by atoms with Crippen molar-refractivity contribution in [1.82, 2.24) is 0 Å². The summed E-state index contributed by atoms with van der Waals surface area (Å²) < 4.78 is 4.96. The highest BCUT2D eigenvalue weighted by Crippen LogP contribution is 2.04. The second-order valence-electron chi connectivity index (χ2n) is 3.38. The van der Waals surface area contributed by atoms with Crippen LogP contribution in [0.5, 0.6) is 0 Å². The van der Waals surface area contributed by atoms with E-state index in [1.807, 2.05) is 13.0 Å². The van der Waals surface area contributed by atoms with Crippen LogP contribution in [0.3, 0.4) is 0 Å². The summed E-state index contributed by atoms with van der Waals surface area (Å²) in [5.74, 6) is 1.14. The zero-order valence-corrected chi connectivity index (χ0v) is 10.7. The first kappa shape index (κ1) is 13.8. The summed E-state index contributed by atoms with van der Waals surface area (Å²) in [6, 6.07) is 8.77. The summed E-state index contributed by atoms with van der Waals surface area (Å²) >= 11 is 1.70. The van der Waals surface area contributed by atoms with E-state index in [0.717, 1.165) is 11.5 Å². The van der Waals surface area contributed by atoms with Gasteiger partial charge in [-0.2, -0.15) is 11.8 Å². The molecule has 1 aromatic carbocycles. The molecule has 0 fully saturated rings. The quantitative estimate of drug-likeness (QED) is 0.324. The third kappa shape index (κ3) is 5.54. The van der Waals surface area contributed by atoms with Crippen LogP contribution >= 0.6 is 11.8 Å². The zero-order valence-electron chi connectivity index (χ0n) is 9.85. The molecule has 17 heavy (non-hydrogen) atoms. The van der Waals surface area contributed by atoms with Crippen molar-refractivity contribution in [2.45, 2.75) is 13.3 Å². The highest BCUT2D eigenvalue weighted by atomic mass is 32.2. The van der Waals surface area contributed by atoms with Crippen molar-refractivity contribution in [3.63, 3.8) is 0 Å². The smallest absolute Gasteiger partial charge is 0.313 e. The van der Waals surface area contributed by atoms with Crippen LogP contribution in [0.2, 0.25) is 0 Å². The molecule has 4 heteroatoms. The second kappa shape index (κ2) is 7.90. The molecule has 0 amide bonds. The van der Waals surface area contributed by atoms with Gasteiger partial charge in [-0.1, -0.05) is 37.3 Å². The van der Waals surface area contributed by atoms with Gasteiger partial charge in [-0.05, 0) is 5.75 Å². The van der Waals surface area contributed by atoms with Crippen molar-refractivity contribution in [1.29, 1.82) is 0 Å². The molecule has 0 heterocycles. The van der Waals surface area contributed by atoms with Crippen LogP contribution in [-0.2, 0) is 9.53 Å². The van der Waals surface area contributed by atoms with E-state index in [4.69, 9.17) is 4.74 Å². The van der Waals surface area contributed by atoms with Gasteiger partial charge in [0.1, 0.15) is 13.0 Å². The molecule has 1 rings (SSSR count). The van der Waals surface area contributed by atoms with Crippen LogP contribution in [0.1, 0.15) is 23.7 Å². The Labute approximate surface area is 106 Å². The second-order valence-corrected chi connectivity index (χ2v) is 4.78. The molecule has 0 N–H and O–H groups in total. The van der Waals surface area contributed by atoms with E-state index in [1.54, 1.807) is 36.0 Å². The molecular weight excluding hydrogens is 236 g/mol. The first-order chi connectivity index (χ1) is 8.24. The van der Waals surface area contributed by atoms with Gasteiger partial charge >= 0.3 is 5.97 Å². The average molecular weight is 252 g/mol. The highest BCUT2D eigenvalue weighted by molar-refractivity contribution is 7.99. The van der Waals surface area contributed by atoms with Crippen molar-refractivity contribution in [3.8, 4) is 0 Å². The molecule has 0 bridgehead atoms. The number of carbonyl (C=O) groups is 2. The van der Waals surface area contributed by atoms with Crippen LogP contribution in [0.15, 0.2) is 30.3 Å². The van der Waals surface area contributed by atoms with E-state index in [9.17, 15) is 9.59 Å². The molecule has 0 aromatic heterocycles. The Kier molecular flexibility index (Phi) is 6.40. The topological polar surface area (TPSA) is 43.4 Å². The fourth-order valence-corrected chi connectivity index (χ4v) is 1.76. The molecule has 0 aliphatic rings. The summed E-state index contributed by atoms with van der Waals surface area (Å²) in [7, 11) is 0. The number of rotatable bonds is 7. The average Bonchev–Trinajstić information content (AvgIpc) is 2.36. The predicted molar refractivity (Wildman–Crippen MR) is 69.3 cm³/mol. The number of hydrogen-bond acceptors (Lipinski definition) is 4. The Morgan fingerprint density at radius 2 is 1.94 bits per heavy atom. The van der Waals surface area contributed by atoms with Crippen molar-refractivity contribution < 1.29 is 14.3 Å². The van der Waals surface area contributed by atoms with E-state index in [2.05, 4.69) is 0 Å². The van der Waals surface area contributed by atoms with Gasteiger partial charge in [0, 0.05) is 11.3 Å². The fourth-order valence-electron chi connectivity index (χ4n) is 1.27.